The standard InChI is InChI=1S/C21H19N3O6S.C2HF3O2/c1-29-13-5-7-15(8-6-13)31(27,28)16-10-17(21(25)26)19(18(22)11-16)30-14-4-2-3-12(9-14)20(23)24;3-2(4,5)1(6)7/h2-11H,22H2,1H3,(H3,23,24)(H,25,26);(H,6,7). The number of carbonyl (C=O) groups is 2. The number of alkyl halides is 3. The molecule has 0 saturated carbocycles. The molecule has 0 aliphatic rings. The fourth-order valence-electron chi connectivity index (χ4n) is 2.79. The van der Waals surface area contributed by atoms with Crippen LogP contribution in [0.25, 0.3) is 0 Å². The van der Waals surface area contributed by atoms with E-state index in [1.54, 1.807) is 12.1 Å². The lowest BCUT2D eigenvalue weighted by Crippen LogP contribution is -2.21. The number of carboxylic acid groups (broad SMARTS) is 2. The predicted molar refractivity (Wildman–Crippen MR) is 127 cm³/mol. The molecule has 15 heteroatoms. The van der Waals surface area contributed by atoms with Crippen molar-refractivity contribution in [3.63, 3.8) is 0 Å². The predicted octanol–water partition coefficient (Wildman–Crippen LogP) is 3.52. The van der Waals surface area contributed by atoms with E-state index >= 15 is 0 Å². The first kappa shape index (κ1) is 29.4. The van der Waals surface area contributed by atoms with Gasteiger partial charge in [0.25, 0.3) is 0 Å². The number of aromatic carboxylic acids is 1. The summed E-state index contributed by atoms with van der Waals surface area (Å²) in [5, 5.41) is 24.3. The van der Waals surface area contributed by atoms with E-state index in [2.05, 4.69) is 0 Å². The summed E-state index contributed by atoms with van der Waals surface area (Å²) in [4.78, 5) is 20.4. The van der Waals surface area contributed by atoms with Gasteiger partial charge in [-0.15, -0.1) is 0 Å². The van der Waals surface area contributed by atoms with E-state index in [1.165, 1.54) is 43.5 Å². The number of aliphatic carboxylic acids is 1. The number of hydrogen-bond donors (Lipinski definition) is 5. The van der Waals surface area contributed by atoms with E-state index in [4.69, 9.17) is 36.3 Å². The summed E-state index contributed by atoms with van der Waals surface area (Å²) in [5.41, 5.74) is 11.2. The molecule has 0 amide bonds. The van der Waals surface area contributed by atoms with Gasteiger partial charge in [-0.05, 0) is 48.5 Å². The molecule has 0 spiro atoms. The zero-order chi connectivity index (χ0) is 28.8. The molecule has 7 N–H and O–H groups in total. The molecule has 38 heavy (non-hydrogen) atoms. The van der Waals surface area contributed by atoms with E-state index < -0.39 is 33.5 Å². The lowest BCUT2D eigenvalue weighted by molar-refractivity contribution is -0.192. The number of amidine groups is 1. The Balaban J connectivity index is 0.000000638. The highest BCUT2D eigenvalue weighted by molar-refractivity contribution is 7.91. The number of nitrogens with one attached hydrogen (secondary N) is 1. The molecule has 0 unspecified atom stereocenters. The number of ether oxygens (including phenoxy) is 2. The molecule has 3 aromatic carbocycles. The second-order valence-electron chi connectivity index (χ2n) is 7.22. The van der Waals surface area contributed by atoms with Crippen LogP contribution in [0.1, 0.15) is 15.9 Å². The van der Waals surface area contributed by atoms with E-state index in [1.807, 2.05) is 0 Å². The summed E-state index contributed by atoms with van der Waals surface area (Å²) in [6.45, 7) is 0. The minimum absolute atomic E-state index is 0.0492. The van der Waals surface area contributed by atoms with Crippen LogP contribution in [0, 0.1) is 5.41 Å². The van der Waals surface area contributed by atoms with Crippen molar-refractivity contribution < 1.29 is 50.9 Å². The molecular weight excluding hydrogens is 535 g/mol. The van der Waals surface area contributed by atoms with Gasteiger partial charge in [-0.1, -0.05) is 12.1 Å². The van der Waals surface area contributed by atoms with Gasteiger partial charge in [0.05, 0.1) is 22.6 Å². The van der Waals surface area contributed by atoms with Crippen molar-refractivity contribution in [3.8, 4) is 17.2 Å². The first-order valence-electron chi connectivity index (χ1n) is 10.1. The van der Waals surface area contributed by atoms with Crippen molar-refractivity contribution in [1.82, 2.24) is 0 Å². The van der Waals surface area contributed by atoms with Gasteiger partial charge in [0.1, 0.15) is 22.9 Å². The third kappa shape index (κ3) is 7.13. The van der Waals surface area contributed by atoms with Gasteiger partial charge >= 0.3 is 18.1 Å². The normalized spacial score (nSPS) is 11.1. The number of methoxy groups -OCH3 is 1. The molecule has 0 bridgehead atoms. The summed E-state index contributed by atoms with van der Waals surface area (Å²) < 4.78 is 68.3. The van der Waals surface area contributed by atoms with E-state index in [-0.39, 0.29) is 32.8 Å². The molecule has 11 nitrogen and oxygen atoms in total. The van der Waals surface area contributed by atoms with Crippen LogP contribution >= 0.6 is 0 Å². The van der Waals surface area contributed by atoms with Crippen molar-refractivity contribution in [1.29, 1.82) is 5.41 Å². The summed E-state index contributed by atoms with van der Waals surface area (Å²) in [6, 6.07) is 13.9. The van der Waals surface area contributed by atoms with Gasteiger partial charge in [-0.2, -0.15) is 13.2 Å². The van der Waals surface area contributed by atoms with E-state index in [9.17, 15) is 31.5 Å². The molecule has 3 aromatic rings. The Bertz CT molecular complexity index is 1470. The number of sulfone groups is 1. The number of rotatable bonds is 7. The monoisotopic (exact) mass is 555 g/mol. The Labute approximate surface area is 213 Å². The highest BCUT2D eigenvalue weighted by Crippen LogP contribution is 2.36. The average molecular weight is 555 g/mol. The maximum Gasteiger partial charge on any atom is 0.490 e. The van der Waals surface area contributed by atoms with Crippen molar-refractivity contribution in [2.24, 2.45) is 5.73 Å². The van der Waals surface area contributed by atoms with Gasteiger partial charge in [0, 0.05) is 5.56 Å². The fraction of sp³-hybridized carbons (Fsp3) is 0.0870. The van der Waals surface area contributed by atoms with Crippen LogP contribution in [0.5, 0.6) is 17.2 Å². The Morgan fingerprint density at radius 1 is 0.947 bits per heavy atom. The minimum Gasteiger partial charge on any atom is -0.497 e. The van der Waals surface area contributed by atoms with Crippen LogP contribution in [-0.4, -0.2) is 49.7 Å². The average Bonchev–Trinajstić information content (AvgIpc) is 2.84. The Kier molecular flexibility index (Phi) is 8.92. The fourth-order valence-corrected chi connectivity index (χ4v) is 4.11. The SMILES string of the molecule is COc1ccc(S(=O)(=O)c2cc(N)c(Oc3cccc(C(=N)N)c3)c(C(=O)O)c2)cc1.O=C(O)C(F)(F)F. The van der Waals surface area contributed by atoms with Gasteiger partial charge in [0.2, 0.25) is 9.84 Å². The van der Waals surface area contributed by atoms with Crippen LogP contribution in [0.3, 0.4) is 0 Å². The largest absolute Gasteiger partial charge is 0.497 e. The first-order chi connectivity index (χ1) is 17.6. The van der Waals surface area contributed by atoms with Crippen LogP contribution in [-0.2, 0) is 14.6 Å². The summed E-state index contributed by atoms with van der Waals surface area (Å²) in [5.74, 6) is -3.93. The van der Waals surface area contributed by atoms with Crippen LogP contribution in [0.2, 0.25) is 0 Å². The minimum atomic E-state index is -5.08. The maximum atomic E-state index is 13.0. The second kappa shape index (κ2) is 11.5. The van der Waals surface area contributed by atoms with Crippen LogP contribution in [0.4, 0.5) is 18.9 Å². The summed E-state index contributed by atoms with van der Waals surface area (Å²) in [6.07, 6.45) is -5.08. The number of halogens is 3. The smallest absolute Gasteiger partial charge is 0.490 e. The molecule has 0 fully saturated rings. The number of nitrogens with two attached hydrogens (primary N) is 2. The maximum absolute atomic E-state index is 13.0. The molecule has 0 aliphatic heterocycles. The topological polar surface area (TPSA) is 203 Å². The lowest BCUT2D eigenvalue weighted by atomic mass is 10.1. The number of nitrogen functional groups attached to an aromatic ring is 2. The Hall–Kier alpha value is -4.79. The van der Waals surface area contributed by atoms with Crippen molar-refractivity contribution >= 4 is 33.3 Å². The molecule has 0 heterocycles. The zero-order valence-corrected chi connectivity index (χ0v) is 20.1. The molecule has 0 radical (unpaired) electrons. The Morgan fingerprint density at radius 3 is 2.00 bits per heavy atom. The molecule has 0 aliphatic carbocycles. The highest BCUT2D eigenvalue weighted by Gasteiger charge is 2.38. The number of carboxylic acids is 2. The van der Waals surface area contributed by atoms with Gasteiger partial charge in [0.15, 0.2) is 5.75 Å². The van der Waals surface area contributed by atoms with E-state index in [0.29, 0.717) is 11.3 Å². The molecular formula is C23H20F3N3O8S. The summed E-state index contributed by atoms with van der Waals surface area (Å²) >= 11 is 0. The third-order valence-electron chi connectivity index (χ3n) is 4.61. The van der Waals surface area contributed by atoms with Gasteiger partial charge in [-0.3, -0.25) is 5.41 Å². The third-order valence-corrected chi connectivity index (χ3v) is 6.36. The highest BCUT2D eigenvalue weighted by atomic mass is 32.2. The Morgan fingerprint density at radius 2 is 1.53 bits per heavy atom. The van der Waals surface area contributed by atoms with Crippen LogP contribution < -0.4 is 20.9 Å². The van der Waals surface area contributed by atoms with Crippen LogP contribution in [0.15, 0.2) is 70.5 Å². The van der Waals surface area contributed by atoms with Crippen molar-refractivity contribution in [2.45, 2.75) is 16.0 Å². The first-order valence-corrected chi connectivity index (χ1v) is 11.5. The molecule has 202 valence electrons. The van der Waals surface area contributed by atoms with E-state index in [0.717, 1.165) is 12.1 Å². The zero-order valence-electron chi connectivity index (χ0n) is 19.3. The summed E-state index contributed by atoms with van der Waals surface area (Å²) in [7, 11) is -2.60. The lowest BCUT2D eigenvalue weighted by Gasteiger charge is -2.14. The molecule has 0 atom stereocenters. The number of hydrogen-bond acceptors (Lipinski definition) is 8. The quantitative estimate of drug-likeness (QED) is 0.163. The molecule has 3 rings (SSSR count). The van der Waals surface area contributed by atoms with Gasteiger partial charge < -0.3 is 31.2 Å². The van der Waals surface area contributed by atoms with Crippen molar-refractivity contribution in [2.75, 3.05) is 12.8 Å². The molecule has 0 aromatic heterocycles. The molecule has 0 saturated heterocycles. The second-order valence-corrected chi connectivity index (χ2v) is 9.17. The van der Waals surface area contributed by atoms with Gasteiger partial charge in [-0.25, -0.2) is 18.0 Å². The van der Waals surface area contributed by atoms with Crippen molar-refractivity contribution in [3.05, 3.63) is 71.8 Å². The number of anilines is 1. The number of benzene rings is 3.